The molecule has 0 aliphatic carbocycles. The first-order valence-electron chi connectivity index (χ1n) is 14.4. The summed E-state index contributed by atoms with van der Waals surface area (Å²) in [6, 6.07) is 3.00. The third-order valence-electron chi connectivity index (χ3n) is 8.34. The monoisotopic (exact) mass is 613 g/mol. The number of hydrogen-bond donors (Lipinski definition) is 3. The predicted molar refractivity (Wildman–Crippen MR) is 153 cm³/mol. The van der Waals surface area contributed by atoms with Gasteiger partial charge in [-0.05, 0) is 78.9 Å². The summed E-state index contributed by atoms with van der Waals surface area (Å²) in [6.45, 7) is 12.4. The third kappa shape index (κ3) is 8.42. The highest BCUT2D eigenvalue weighted by atomic mass is 19.4. The molecule has 43 heavy (non-hydrogen) atoms. The lowest BCUT2D eigenvalue weighted by Crippen LogP contribution is -2.56. The van der Waals surface area contributed by atoms with Gasteiger partial charge in [0.1, 0.15) is 17.2 Å². The number of carboxylic acids is 1. The first-order valence-corrected chi connectivity index (χ1v) is 14.4. The lowest BCUT2D eigenvalue weighted by molar-refractivity contribution is -0.144. The van der Waals surface area contributed by atoms with Crippen LogP contribution in [0.1, 0.15) is 72.4 Å². The van der Waals surface area contributed by atoms with Crippen molar-refractivity contribution in [3.63, 3.8) is 0 Å². The summed E-state index contributed by atoms with van der Waals surface area (Å²) < 4.78 is 56.5. The van der Waals surface area contributed by atoms with E-state index in [2.05, 4.69) is 5.32 Å². The van der Waals surface area contributed by atoms with Gasteiger partial charge >= 0.3 is 25.4 Å². The van der Waals surface area contributed by atoms with E-state index in [0.717, 1.165) is 12.1 Å². The van der Waals surface area contributed by atoms with Crippen molar-refractivity contribution in [2.75, 3.05) is 13.1 Å². The number of hydrogen-bond acceptors (Lipinski definition) is 7. The lowest BCUT2D eigenvalue weighted by atomic mass is 9.78. The third-order valence-corrected chi connectivity index (χ3v) is 8.34. The van der Waals surface area contributed by atoms with Crippen molar-refractivity contribution in [1.29, 1.82) is 0 Å². The summed E-state index contributed by atoms with van der Waals surface area (Å²) in [7, 11) is -0.465. The standard InChI is InChI=1S/C29H43BF3N3O7/c1-25(2,3)41-24(40)35-21(15-18-10-12-19(13-11-18)29(31,32)33)22(37)36-16-20(28(34,17-36)23(38)39)9-8-14-30-42-26(4,5)27(6,7)43-30/h10-13,20-21H,8-9,14-17,34H2,1-7H3,(H,35,40)(H,38,39)/t20-,21-,28-/m0/s1. The van der Waals surface area contributed by atoms with Gasteiger partial charge < -0.3 is 35.1 Å². The minimum absolute atomic E-state index is 0.0184. The molecule has 1 aromatic rings. The molecule has 2 fully saturated rings. The van der Waals surface area contributed by atoms with Crippen molar-refractivity contribution < 1.29 is 46.7 Å². The molecule has 0 saturated carbocycles. The van der Waals surface area contributed by atoms with Gasteiger partial charge in [0, 0.05) is 25.4 Å². The van der Waals surface area contributed by atoms with E-state index in [4.69, 9.17) is 19.8 Å². The number of carboxylic acid groups (broad SMARTS) is 1. The number of alkyl halides is 3. The van der Waals surface area contributed by atoms with E-state index in [0.29, 0.717) is 24.7 Å². The maximum absolute atomic E-state index is 13.7. The van der Waals surface area contributed by atoms with Crippen LogP contribution in [-0.2, 0) is 36.2 Å². The van der Waals surface area contributed by atoms with Crippen LogP contribution in [0.5, 0.6) is 0 Å². The number of halogens is 3. The molecule has 240 valence electrons. The fraction of sp³-hybridized carbons (Fsp3) is 0.690. The number of ether oxygens (including phenoxy) is 1. The number of nitrogens with two attached hydrogens (primary N) is 1. The molecule has 0 aromatic heterocycles. The summed E-state index contributed by atoms with van der Waals surface area (Å²) in [4.78, 5) is 40.0. The number of carbonyl (C=O) groups is 3. The average Bonchev–Trinajstić information content (AvgIpc) is 3.29. The van der Waals surface area contributed by atoms with Crippen molar-refractivity contribution in [3.8, 4) is 0 Å². The maximum atomic E-state index is 13.7. The Hall–Kier alpha value is -2.84. The number of nitrogens with one attached hydrogen (secondary N) is 1. The van der Waals surface area contributed by atoms with Crippen molar-refractivity contribution in [1.82, 2.24) is 10.2 Å². The highest BCUT2D eigenvalue weighted by molar-refractivity contribution is 6.45. The molecule has 3 rings (SSSR count). The molecule has 2 amide bonds. The van der Waals surface area contributed by atoms with E-state index >= 15 is 0 Å². The summed E-state index contributed by atoms with van der Waals surface area (Å²) in [5.74, 6) is -2.48. The SMILES string of the molecule is CC(C)(C)OC(=O)N[C@@H](Cc1ccc(C(F)(F)F)cc1)C(=O)N1C[C@H](CCCB2OC(C)(C)C(C)(C)O2)[C@](N)(C(=O)O)C1. The molecule has 2 heterocycles. The normalized spacial score (nSPS) is 24.1. The molecule has 14 heteroatoms. The van der Waals surface area contributed by atoms with Crippen LogP contribution in [0.4, 0.5) is 18.0 Å². The Labute approximate surface area is 250 Å². The molecule has 2 aliphatic rings. The second kappa shape index (κ2) is 12.3. The van der Waals surface area contributed by atoms with E-state index in [1.165, 1.54) is 17.0 Å². The van der Waals surface area contributed by atoms with Gasteiger partial charge in [-0.25, -0.2) is 4.79 Å². The average molecular weight is 613 g/mol. The second-order valence-electron chi connectivity index (χ2n) is 13.5. The molecule has 4 N–H and O–H groups in total. The van der Waals surface area contributed by atoms with Crippen LogP contribution in [0.25, 0.3) is 0 Å². The largest absolute Gasteiger partial charge is 0.480 e. The van der Waals surface area contributed by atoms with E-state index in [-0.39, 0.29) is 19.5 Å². The minimum atomic E-state index is -4.53. The Balaban J connectivity index is 1.75. The van der Waals surface area contributed by atoms with Gasteiger partial charge in [0.25, 0.3) is 0 Å². The number of likely N-dealkylation sites (tertiary alicyclic amines) is 1. The first-order chi connectivity index (χ1) is 19.5. The Morgan fingerprint density at radius 1 is 1.12 bits per heavy atom. The summed E-state index contributed by atoms with van der Waals surface area (Å²) in [5, 5.41) is 12.5. The lowest BCUT2D eigenvalue weighted by Gasteiger charge is -2.32. The Morgan fingerprint density at radius 3 is 2.16 bits per heavy atom. The summed E-state index contributed by atoms with van der Waals surface area (Å²) in [5.41, 5.74) is 2.26. The Morgan fingerprint density at radius 2 is 1.67 bits per heavy atom. The van der Waals surface area contributed by atoms with E-state index in [1.54, 1.807) is 20.8 Å². The predicted octanol–water partition coefficient (Wildman–Crippen LogP) is 4.25. The smallest absolute Gasteiger partial charge is 0.457 e. The first kappa shape index (κ1) is 34.7. The number of benzene rings is 1. The van der Waals surface area contributed by atoms with Crippen LogP contribution in [0.15, 0.2) is 24.3 Å². The minimum Gasteiger partial charge on any atom is -0.480 e. The molecule has 0 bridgehead atoms. The number of aliphatic carboxylic acids is 1. The van der Waals surface area contributed by atoms with Crippen molar-refractivity contribution >= 4 is 25.1 Å². The highest BCUT2D eigenvalue weighted by Gasteiger charge is 2.53. The van der Waals surface area contributed by atoms with Gasteiger partial charge in [0.15, 0.2) is 0 Å². The van der Waals surface area contributed by atoms with Gasteiger partial charge in [-0.1, -0.05) is 18.6 Å². The van der Waals surface area contributed by atoms with Crippen LogP contribution >= 0.6 is 0 Å². The summed E-state index contributed by atoms with van der Waals surface area (Å²) in [6.07, 6.45) is -4.17. The molecule has 1 aromatic carbocycles. The van der Waals surface area contributed by atoms with Crippen LogP contribution in [0.3, 0.4) is 0 Å². The van der Waals surface area contributed by atoms with Crippen LogP contribution < -0.4 is 11.1 Å². The van der Waals surface area contributed by atoms with Crippen LogP contribution in [0.2, 0.25) is 6.32 Å². The van der Waals surface area contributed by atoms with Gasteiger partial charge in [-0.2, -0.15) is 13.2 Å². The van der Waals surface area contributed by atoms with Gasteiger partial charge in [-0.15, -0.1) is 0 Å². The molecule has 0 unspecified atom stereocenters. The zero-order valence-electron chi connectivity index (χ0n) is 25.8. The van der Waals surface area contributed by atoms with E-state index in [1.807, 2.05) is 27.7 Å². The Bertz CT molecular complexity index is 1170. The molecule has 10 nitrogen and oxygen atoms in total. The van der Waals surface area contributed by atoms with Gasteiger partial charge in [0.2, 0.25) is 5.91 Å². The fourth-order valence-electron chi connectivity index (χ4n) is 5.25. The van der Waals surface area contributed by atoms with Crippen molar-refractivity contribution in [2.45, 2.75) is 109 Å². The van der Waals surface area contributed by atoms with Crippen LogP contribution in [-0.4, -0.2) is 76.6 Å². The van der Waals surface area contributed by atoms with Gasteiger partial charge in [-0.3, -0.25) is 9.59 Å². The second-order valence-corrected chi connectivity index (χ2v) is 13.5. The number of carbonyl (C=O) groups excluding carboxylic acids is 2. The highest BCUT2D eigenvalue weighted by Crippen LogP contribution is 2.39. The van der Waals surface area contributed by atoms with E-state index < -0.39 is 71.1 Å². The molecular formula is C29H43BF3N3O7. The van der Waals surface area contributed by atoms with Gasteiger partial charge in [0.05, 0.1) is 16.8 Å². The van der Waals surface area contributed by atoms with E-state index in [9.17, 15) is 32.7 Å². The zero-order chi connectivity index (χ0) is 32.6. The molecule has 2 saturated heterocycles. The number of amides is 2. The summed E-state index contributed by atoms with van der Waals surface area (Å²) >= 11 is 0. The number of rotatable bonds is 9. The number of nitrogens with zero attached hydrogens (tertiary/aromatic N) is 1. The zero-order valence-corrected chi connectivity index (χ0v) is 25.8. The van der Waals surface area contributed by atoms with Crippen LogP contribution in [0, 0.1) is 5.92 Å². The molecule has 0 radical (unpaired) electrons. The molecule has 2 aliphatic heterocycles. The quantitative estimate of drug-likeness (QED) is 0.351. The maximum Gasteiger partial charge on any atom is 0.457 e. The Kier molecular flexibility index (Phi) is 9.89. The molecule has 3 atom stereocenters. The number of alkyl carbamates (subject to hydrolysis) is 1. The van der Waals surface area contributed by atoms with Crippen molar-refractivity contribution in [3.05, 3.63) is 35.4 Å². The molecule has 0 spiro atoms. The fourth-order valence-corrected chi connectivity index (χ4v) is 5.25. The molecular weight excluding hydrogens is 570 g/mol. The van der Waals surface area contributed by atoms with Crippen molar-refractivity contribution in [2.24, 2.45) is 11.7 Å². The topological polar surface area (TPSA) is 140 Å².